The van der Waals surface area contributed by atoms with Crippen molar-refractivity contribution < 1.29 is 9.30 Å². The highest BCUT2D eigenvalue weighted by Crippen LogP contribution is 2.40. The third-order valence-corrected chi connectivity index (χ3v) is 8.19. The Labute approximate surface area is 221 Å². The van der Waals surface area contributed by atoms with Crippen LogP contribution < -0.4 is 20.2 Å². The number of ether oxygens (including phenoxy) is 1. The second-order valence-corrected chi connectivity index (χ2v) is 11.3. The number of allylic oxidation sites excluding steroid dienone is 1. The molecule has 0 bridgehead atoms. The summed E-state index contributed by atoms with van der Waals surface area (Å²) in [5.41, 5.74) is 13.4. The minimum absolute atomic E-state index is 0.190. The summed E-state index contributed by atoms with van der Waals surface area (Å²) in [5, 5.41) is 0. The minimum atomic E-state index is 0.190. The Morgan fingerprint density at radius 3 is 2.19 bits per heavy atom. The van der Waals surface area contributed by atoms with Gasteiger partial charge in [-0.15, -0.1) is 0 Å². The van der Waals surface area contributed by atoms with Crippen molar-refractivity contribution in [3.05, 3.63) is 112 Å². The first-order valence-corrected chi connectivity index (χ1v) is 13.6. The number of nitrogens with zero attached hydrogens (tertiary/aromatic N) is 1. The highest BCUT2D eigenvalue weighted by atomic mass is 16.5. The number of fused-ring (bicyclic) bond motifs is 3. The minimum Gasteiger partial charge on any atom is -0.458 e. The highest BCUT2D eigenvalue weighted by Gasteiger charge is 2.42. The lowest BCUT2D eigenvalue weighted by Crippen LogP contribution is -2.50. The van der Waals surface area contributed by atoms with Gasteiger partial charge < -0.3 is 4.74 Å². The molecular formula is C34H35BNO+. The first-order valence-electron chi connectivity index (χ1n) is 13.6. The van der Waals surface area contributed by atoms with E-state index in [0.29, 0.717) is 11.8 Å². The number of rotatable bonds is 4. The summed E-state index contributed by atoms with van der Waals surface area (Å²) >= 11 is 0. The van der Waals surface area contributed by atoms with E-state index in [-0.39, 0.29) is 6.71 Å². The van der Waals surface area contributed by atoms with Gasteiger partial charge in [0.25, 0.3) is 0 Å². The standard InChI is InChI=1S/C34H35BNO/c1-21(2)25-14-11-15-26(22(3)4)33(25)35-29-16-9-10-17-32(29)37-34-28-19-31(27-13-8-7-12-23(27)5)36(6)20-24(28)18-30(34)35/h7-17,19-22H,18H2,1-6H3/q+1. The molecule has 0 spiro atoms. The molecule has 1 aliphatic heterocycles. The Balaban J connectivity index is 1.60. The van der Waals surface area contributed by atoms with E-state index in [2.05, 4.69) is 125 Å². The molecule has 184 valence electrons. The third kappa shape index (κ3) is 3.84. The molecule has 0 amide bonds. The van der Waals surface area contributed by atoms with Crippen LogP contribution in [0.2, 0.25) is 0 Å². The topological polar surface area (TPSA) is 13.1 Å². The van der Waals surface area contributed by atoms with Crippen LogP contribution in [0.5, 0.6) is 5.75 Å². The molecule has 1 aromatic heterocycles. The molecule has 0 unspecified atom stereocenters. The van der Waals surface area contributed by atoms with Gasteiger partial charge in [0.1, 0.15) is 18.6 Å². The number of hydrogen-bond donors (Lipinski definition) is 0. The van der Waals surface area contributed by atoms with E-state index in [1.54, 1.807) is 0 Å². The molecule has 2 aliphatic rings. The van der Waals surface area contributed by atoms with Gasteiger partial charge in [-0.2, -0.15) is 0 Å². The van der Waals surface area contributed by atoms with Crippen LogP contribution in [-0.4, -0.2) is 6.71 Å². The lowest BCUT2D eigenvalue weighted by Gasteiger charge is -2.31. The molecule has 0 saturated heterocycles. The van der Waals surface area contributed by atoms with Gasteiger partial charge in [0.2, 0.25) is 12.4 Å². The van der Waals surface area contributed by atoms with E-state index in [1.165, 1.54) is 55.5 Å². The van der Waals surface area contributed by atoms with Crippen molar-refractivity contribution in [1.29, 1.82) is 0 Å². The van der Waals surface area contributed by atoms with E-state index >= 15 is 0 Å². The van der Waals surface area contributed by atoms with Crippen LogP contribution in [0.4, 0.5) is 0 Å². The molecule has 0 fully saturated rings. The molecule has 0 N–H and O–H groups in total. The molecule has 0 saturated carbocycles. The number of hydrogen-bond acceptors (Lipinski definition) is 1. The SMILES string of the molecule is Cc1ccccc1-c1cc2c(c[n+]1C)CC1=C2Oc2ccccc2B1c1c(C(C)C)cccc1C(C)C. The van der Waals surface area contributed by atoms with Gasteiger partial charge >= 0.3 is 0 Å². The lowest BCUT2D eigenvalue weighted by molar-refractivity contribution is -0.660. The fourth-order valence-electron chi connectivity index (χ4n) is 6.38. The maximum Gasteiger partial charge on any atom is 0.247 e. The quantitative estimate of drug-likeness (QED) is 0.247. The Morgan fingerprint density at radius 2 is 1.49 bits per heavy atom. The van der Waals surface area contributed by atoms with Crippen molar-refractivity contribution in [2.45, 2.75) is 52.9 Å². The summed E-state index contributed by atoms with van der Waals surface area (Å²) in [6, 6.07) is 26.6. The zero-order valence-electron chi connectivity index (χ0n) is 22.8. The number of aryl methyl sites for hydroxylation is 2. The molecule has 2 heterocycles. The Hall–Kier alpha value is -3.59. The van der Waals surface area contributed by atoms with Crippen LogP contribution in [0, 0.1) is 6.92 Å². The van der Waals surface area contributed by atoms with Gasteiger partial charge in [-0.05, 0) is 64.9 Å². The maximum absolute atomic E-state index is 6.77. The van der Waals surface area contributed by atoms with Crippen molar-refractivity contribution in [3.63, 3.8) is 0 Å². The van der Waals surface area contributed by atoms with Crippen LogP contribution in [0.15, 0.2) is 84.5 Å². The Morgan fingerprint density at radius 1 is 0.811 bits per heavy atom. The van der Waals surface area contributed by atoms with E-state index in [9.17, 15) is 0 Å². The summed E-state index contributed by atoms with van der Waals surface area (Å²) in [4.78, 5) is 0. The summed E-state index contributed by atoms with van der Waals surface area (Å²) in [5.74, 6) is 2.93. The van der Waals surface area contributed by atoms with Crippen LogP contribution in [0.25, 0.3) is 17.0 Å². The molecule has 2 nitrogen and oxygen atoms in total. The fourth-order valence-corrected chi connectivity index (χ4v) is 6.38. The van der Waals surface area contributed by atoms with Gasteiger partial charge in [0, 0.05) is 22.8 Å². The van der Waals surface area contributed by atoms with Crippen LogP contribution in [0.3, 0.4) is 0 Å². The third-order valence-electron chi connectivity index (χ3n) is 8.19. The molecule has 0 atom stereocenters. The fraction of sp³-hybridized carbons (Fsp3) is 0.265. The monoisotopic (exact) mass is 484 g/mol. The second kappa shape index (κ2) is 9.06. The molecule has 37 heavy (non-hydrogen) atoms. The number of aromatic nitrogens is 1. The van der Waals surface area contributed by atoms with Gasteiger partial charge in [-0.3, -0.25) is 0 Å². The van der Waals surface area contributed by atoms with E-state index in [1.807, 2.05) is 0 Å². The average Bonchev–Trinajstić information content (AvgIpc) is 3.23. The number of pyridine rings is 1. The first kappa shape index (κ1) is 23.8. The molecule has 1 aliphatic carbocycles. The molecule has 4 aromatic rings. The van der Waals surface area contributed by atoms with E-state index in [0.717, 1.165) is 17.9 Å². The molecule has 3 aromatic carbocycles. The summed E-state index contributed by atoms with van der Waals surface area (Å²) in [7, 11) is 2.16. The molecular weight excluding hydrogens is 449 g/mol. The van der Waals surface area contributed by atoms with E-state index in [4.69, 9.17) is 4.74 Å². The first-order chi connectivity index (χ1) is 17.8. The van der Waals surface area contributed by atoms with E-state index < -0.39 is 0 Å². The molecule has 0 radical (unpaired) electrons. The van der Waals surface area contributed by atoms with Crippen molar-refractivity contribution >= 4 is 23.4 Å². The zero-order valence-corrected chi connectivity index (χ0v) is 22.8. The van der Waals surface area contributed by atoms with Crippen molar-refractivity contribution in [1.82, 2.24) is 0 Å². The van der Waals surface area contributed by atoms with Gasteiger partial charge in [0.05, 0.1) is 0 Å². The Bertz CT molecular complexity index is 1540. The second-order valence-electron chi connectivity index (χ2n) is 11.3. The molecule has 6 rings (SSSR count). The van der Waals surface area contributed by atoms with Gasteiger partial charge in [-0.1, -0.05) is 87.8 Å². The summed E-state index contributed by atoms with van der Waals surface area (Å²) in [6.07, 6.45) is 3.23. The van der Waals surface area contributed by atoms with Crippen LogP contribution in [0.1, 0.15) is 67.3 Å². The smallest absolute Gasteiger partial charge is 0.247 e. The maximum atomic E-state index is 6.77. The van der Waals surface area contributed by atoms with Crippen molar-refractivity contribution in [2.75, 3.05) is 0 Å². The molecule has 3 heteroatoms. The normalized spacial score (nSPS) is 14.1. The number of para-hydroxylation sites is 1. The highest BCUT2D eigenvalue weighted by molar-refractivity contribution is 6.93. The van der Waals surface area contributed by atoms with Gasteiger partial charge in [-0.25, -0.2) is 4.57 Å². The lowest BCUT2D eigenvalue weighted by atomic mass is 9.33. The van der Waals surface area contributed by atoms with Gasteiger partial charge in [0.15, 0.2) is 6.20 Å². The van der Waals surface area contributed by atoms with Crippen LogP contribution >= 0.6 is 0 Å². The van der Waals surface area contributed by atoms with Crippen LogP contribution in [-0.2, 0) is 13.5 Å². The summed E-state index contributed by atoms with van der Waals surface area (Å²) < 4.78 is 9.05. The predicted molar refractivity (Wildman–Crippen MR) is 155 cm³/mol. The summed E-state index contributed by atoms with van der Waals surface area (Å²) in [6.45, 7) is 11.7. The average molecular weight is 484 g/mol. The predicted octanol–water partition coefficient (Wildman–Crippen LogP) is 6.24. The van der Waals surface area contributed by atoms with Crippen molar-refractivity contribution in [2.24, 2.45) is 7.05 Å². The zero-order chi connectivity index (χ0) is 25.8. The van der Waals surface area contributed by atoms with Crippen molar-refractivity contribution in [3.8, 4) is 17.0 Å². The Kier molecular flexibility index (Phi) is 5.83. The largest absolute Gasteiger partial charge is 0.458 e. The number of benzene rings is 3.